The first-order valence-electron chi connectivity index (χ1n) is 21.9. The van der Waals surface area contributed by atoms with Gasteiger partial charge in [-0.25, -0.2) is 0 Å². The second-order valence-corrected chi connectivity index (χ2v) is 17.9. The Morgan fingerprint density at radius 3 is 1.77 bits per heavy atom. The molecule has 4 heteroatoms. The molecule has 298 valence electrons. The van der Waals surface area contributed by atoms with Crippen molar-refractivity contribution in [2.75, 3.05) is 4.90 Å². The van der Waals surface area contributed by atoms with E-state index in [1.165, 1.54) is 90.6 Å². The topological polar surface area (TPSA) is 13.1 Å². The van der Waals surface area contributed by atoms with Crippen LogP contribution in [-0.4, -0.2) is 9.13 Å². The minimum absolute atomic E-state index is 1.10. The van der Waals surface area contributed by atoms with Gasteiger partial charge < -0.3 is 14.0 Å². The lowest BCUT2D eigenvalue weighted by atomic mass is 9.96. The molecule has 0 aliphatic rings. The average Bonchev–Trinajstić information content (AvgIpc) is 4.02. The molecular weight excluding hydrogens is 795 g/mol. The number of nitrogens with zero attached hydrogens (tertiary/aromatic N) is 3. The van der Waals surface area contributed by atoms with Gasteiger partial charge in [-0.05, 0) is 105 Å². The molecule has 0 bridgehead atoms. The molecule has 0 radical (unpaired) electrons. The average molecular weight is 832 g/mol. The molecule has 0 atom stereocenters. The summed E-state index contributed by atoms with van der Waals surface area (Å²) in [5.74, 6) is 0. The molecule has 0 spiro atoms. The number of aromatic nitrogens is 2. The number of para-hydroxylation sites is 4. The van der Waals surface area contributed by atoms with Crippen LogP contribution in [0.5, 0.6) is 0 Å². The fourth-order valence-corrected chi connectivity index (χ4v) is 11.8. The minimum Gasteiger partial charge on any atom is -0.309 e. The zero-order chi connectivity index (χ0) is 41.9. The highest BCUT2D eigenvalue weighted by Crippen LogP contribution is 2.49. The fourth-order valence-electron chi connectivity index (χ4n) is 10.7. The second kappa shape index (κ2) is 13.7. The van der Waals surface area contributed by atoms with Crippen LogP contribution >= 0.6 is 11.3 Å². The zero-order valence-corrected chi connectivity index (χ0v) is 35.4. The molecule has 3 nitrogen and oxygen atoms in total. The number of benzene rings is 11. The van der Waals surface area contributed by atoms with Crippen LogP contribution in [0.1, 0.15) is 0 Å². The molecule has 0 aliphatic heterocycles. The summed E-state index contributed by atoms with van der Waals surface area (Å²) in [5, 5.41) is 15.0. The Bertz CT molecular complexity index is 4210. The number of anilines is 3. The van der Waals surface area contributed by atoms with Crippen molar-refractivity contribution in [2.24, 2.45) is 0 Å². The van der Waals surface area contributed by atoms with Crippen molar-refractivity contribution in [3.05, 3.63) is 224 Å². The normalized spacial score (nSPS) is 12.1. The molecule has 0 unspecified atom stereocenters. The second-order valence-electron chi connectivity index (χ2n) is 16.9. The zero-order valence-electron chi connectivity index (χ0n) is 34.6. The largest absolute Gasteiger partial charge is 0.309 e. The number of thiophene rings is 1. The highest BCUT2D eigenvalue weighted by Gasteiger charge is 2.25. The molecule has 0 saturated heterocycles. The molecule has 3 heterocycles. The number of hydrogen-bond acceptors (Lipinski definition) is 2. The minimum atomic E-state index is 1.10. The van der Waals surface area contributed by atoms with Gasteiger partial charge in [-0.1, -0.05) is 152 Å². The Morgan fingerprint density at radius 2 is 0.906 bits per heavy atom. The van der Waals surface area contributed by atoms with Crippen molar-refractivity contribution in [2.45, 2.75) is 0 Å². The molecule has 0 N–H and O–H groups in total. The van der Waals surface area contributed by atoms with E-state index in [9.17, 15) is 0 Å². The third-order valence-corrected chi connectivity index (χ3v) is 14.6. The summed E-state index contributed by atoms with van der Waals surface area (Å²) in [6.07, 6.45) is 0. The first-order valence-corrected chi connectivity index (χ1v) is 22.7. The molecule has 0 amide bonds. The predicted molar refractivity (Wildman–Crippen MR) is 275 cm³/mol. The molecule has 0 fully saturated rings. The smallest absolute Gasteiger partial charge is 0.0782 e. The summed E-state index contributed by atoms with van der Waals surface area (Å²) in [4.78, 5) is 2.53. The predicted octanol–water partition coefficient (Wildman–Crippen LogP) is 17.2. The molecule has 0 saturated carbocycles. The first kappa shape index (κ1) is 35.4. The van der Waals surface area contributed by atoms with E-state index in [-0.39, 0.29) is 0 Å². The van der Waals surface area contributed by atoms with Crippen molar-refractivity contribution in [3.8, 4) is 11.4 Å². The van der Waals surface area contributed by atoms with Gasteiger partial charge >= 0.3 is 0 Å². The fraction of sp³-hybridized carbons (Fsp3) is 0. The van der Waals surface area contributed by atoms with Gasteiger partial charge in [0.05, 0.1) is 33.4 Å². The molecule has 14 aromatic rings. The highest BCUT2D eigenvalue weighted by atomic mass is 32.1. The third kappa shape index (κ3) is 5.09. The van der Waals surface area contributed by atoms with Gasteiger partial charge in [0, 0.05) is 58.8 Å². The van der Waals surface area contributed by atoms with E-state index in [1.54, 1.807) is 0 Å². The summed E-state index contributed by atoms with van der Waals surface area (Å²) in [6.45, 7) is 0. The lowest BCUT2D eigenvalue weighted by Gasteiger charge is -2.28. The van der Waals surface area contributed by atoms with Crippen molar-refractivity contribution in [1.82, 2.24) is 9.13 Å². The van der Waals surface area contributed by atoms with Crippen LogP contribution in [0, 0.1) is 0 Å². The van der Waals surface area contributed by atoms with Crippen LogP contribution in [0.4, 0.5) is 17.1 Å². The van der Waals surface area contributed by atoms with Crippen LogP contribution in [0.2, 0.25) is 0 Å². The lowest BCUT2D eigenvalue weighted by Crippen LogP contribution is -2.12. The van der Waals surface area contributed by atoms with Crippen LogP contribution in [0.25, 0.3) is 107 Å². The molecule has 0 aliphatic carbocycles. The van der Waals surface area contributed by atoms with Gasteiger partial charge in [-0.15, -0.1) is 11.3 Å². The summed E-state index contributed by atoms with van der Waals surface area (Å²) in [7, 11) is 0. The molecular formula is C60H37N3S. The number of fused-ring (bicyclic) bond motifs is 14. The van der Waals surface area contributed by atoms with Gasteiger partial charge in [0.25, 0.3) is 0 Å². The van der Waals surface area contributed by atoms with Crippen molar-refractivity contribution < 1.29 is 0 Å². The van der Waals surface area contributed by atoms with Crippen molar-refractivity contribution in [3.63, 3.8) is 0 Å². The van der Waals surface area contributed by atoms with Crippen LogP contribution in [0.3, 0.4) is 0 Å². The van der Waals surface area contributed by atoms with Gasteiger partial charge in [0.15, 0.2) is 0 Å². The van der Waals surface area contributed by atoms with E-state index in [4.69, 9.17) is 0 Å². The van der Waals surface area contributed by atoms with E-state index in [1.807, 2.05) is 11.3 Å². The summed E-state index contributed by atoms with van der Waals surface area (Å²) >= 11 is 1.87. The lowest BCUT2D eigenvalue weighted by molar-refractivity contribution is 1.17. The maximum Gasteiger partial charge on any atom is 0.0782 e. The summed E-state index contributed by atoms with van der Waals surface area (Å²) < 4.78 is 7.53. The van der Waals surface area contributed by atoms with E-state index in [0.29, 0.717) is 0 Å². The Balaban J connectivity index is 1.08. The van der Waals surface area contributed by atoms with Gasteiger partial charge in [0.2, 0.25) is 0 Å². The molecule has 3 aromatic heterocycles. The standard InChI is InChI=1S/C60H37N3S/c1-2-15-40(16-3-1)63-52-22-9-6-18-47(52)50-21-12-26-56(60(50)63)62(41-30-34-44-39(36-41)29-33-45-43-17-5-4-14-38(43)28-32-46(44)45)55-25-13-24-54-59(55)51-20-7-10-23-53(51)61(54)42-31-35-49-48-19-8-11-27-57(48)64-58(49)37-42/h1-37H. The molecule has 11 aromatic carbocycles. The van der Waals surface area contributed by atoms with E-state index in [2.05, 4.69) is 238 Å². The monoisotopic (exact) mass is 831 g/mol. The third-order valence-electron chi connectivity index (χ3n) is 13.4. The van der Waals surface area contributed by atoms with E-state index in [0.717, 1.165) is 34.0 Å². The summed E-state index contributed by atoms with van der Waals surface area (Å²) in [6, 6.07) is 82.9. The quantitative estimate of drug-likeness (QED) is 0.158. The van der Waals surface area contributed by atoms with Crippen LogP contribution < -0.4 is 4.90 Å². The number of hydrogen-bond donors (Lipinski definition) is 0. The number of rotatable bonds is 5. The Kier molecular flexibility index (Phi) is 7.56. The maximum absolute atomic E-state index is 2.53. The van der Waals surface area contributed by atoms with Crippen molar-refractivity contribution in [1.29, 1.82) is 0 Å². The SMILES string of the molecule is c1ccc(-n2c3ccccc3c3cccc(N(c4ccc5c(ccc6c7ccccc7ccc56)c4)c4cccc5c4c4ccccc4n5-c4ccc5c(c4)sc4ccccc45)c32)cc1. The van der Waals surface area contributed by atoms with E-state index < -0.39 is 0 Å². The Hall–Kier alpha value is -8.18. The maximum atomic E-state index is 2.53. The summed E-state index contributed by atoms with van der Waals surface area (Å²) in [5.41, 5.74) is 10.3. The van der Waals surface area contributed by atoms with Crippen LogP contribution in [0.15, 0.2) is 224 Å². The highest BCUT2D eigenvalue weighted by molar-refractivity contribution is 7.25. The Morgan fingerprint density at radius 1 is 0.312 bits per heavy atom. The molecule has 14 rings (SSSR count). The van der Waals surface area contributed by atoms with Crippen molar-refractivity contribution >= 4 is 125 Å². The first-order chi connectivity index (χ1) is 31.8. The van der Waals surface area contributed by atoms with Crippen LogP contribution in [-0.2, 0) is 0 Å². The van der Waals surface area contributed by atoms with Gasteiger partial charge in [-0.2, -0.15) is 0 Å². The van der Waals surface area contributed by atoms with Gasteiger partial charge in [0.1, 0.15) is 0 Å². The van der Waals surface area contributed by atoms with Gasteiger partial charge in [-0.3, -0.25) is 0 Å². The Labute approximate surface area is 372 Å². The molecule has 64 heavy (non-hydrogen) atoms. The van der Waals surface area contributed by atoms with E-state index >= 15 is 0 Å².